The zero-order valence-corrected chi connectivity index (χ0v) is 20.3. The van der Waals surface area contributed by atoms with Gasteiger partial charge < -0.3 is 9.47 Å². The second-order valence-corrected chi connectivity index (χ2v) is 9.30. The van der Waals surface area contributed by atoms with Gasteiger partial charge in [-0.2, -0.15) is 0 Å². The Kier molecular flexibility index (Phi) is 8.17. The van der Waals surface area contributed by atoms with Crippen LogP contribution in [0.3, 0.4) is 0 Å². The van der Waals surface area contributed by atoms with E-state index in [2.05, 4.69) is 6.58 Å². The van der Waals surface area contributed by atoms with Gasteiger partial charge in [0.2, 0.25) is 0 Å². The second-order valence-electron chi connectivity index (χ2n) is 7.62. The van der Waals surface area contributed by atoms with Crippen molar-refractivity contribution in [2.45, 2.75) is 13.0 Å². The molecule has 1 aliphatic heterocycles. The third kappa shape index (κ3) is 6.16. The van der Waals surface area contributed by atoms with Crippen molar-refractivity contribution in [2.24, 2.45) is 0 Å². The molecule has 0 spiro atoms. The van der Waals surface area contributed by atoms with Gasteiger partial charge in [0.15, 0.2) is 0 Å². The highest BCUT2D eigenvalue weighted by molar-refractivity contribution is 8.26. The quantitative estimate of drug-likeness (QED) is 0.146. The number of hydrogen-bond acceptors (Lipinski definition) is 5. The lowest BCUT2D eigenvalue weighted by Crippen LogP contribution is -2.27. The molecule has 6 heteroatoms. The molecular formula is C28H25NO3S2. The maximum Gasteiger partial charge on any atom is 0.266 e. The summed E-state index contributed by atoms with van der Waals surface area (Å²) in [5.74, 6) is 1.54. The number of para-hydroxylation sites is 1. The molecule has 34 heavy (non-hydrogen) atoms. The lowest BCUT2D eigenvalue weighted by atomic mass is 10.1. The minimum absolute atomic E-state index is 0.0620. The van der Waals surface area contributed by atoms with Crippen molar-refractivity contribution in [3.8, 4) is 11.5 Å². The van der Waals surface area contributed by atoms with E-state index in [4.69, 9.17) is 21.7 Å². The van der Waals surface area contributed by atoms with Crippen molar-refractivity contribution in [3.63, 3.8) is 0 Å². The van der Waals surface area contributed by atoms with Crippen LogP contribution in [0.5, 0.6) is 11.5 Å². The van der Waals surface area contributed by atoms with Crippen LogP contribution in [0.25, 0.3) is 6.08 Å². The lowest BCUT2D eigenvalue weighted by Gasteiger charge is -2.14. The zero-order chi connectivity index (χ0) is 23.8. The number of thiocarbonyl (C=S) groups is 1. The van der Waals surface area contributed by atoms with Gasteiger partial charge in [-0.1, -0.05) is 90.7 Å². The number of nitrogens with zero attached hydrogens (tertiary/aromatic N) is 1. The topological polar surface area (TPSA) is 38.8 Å². The number of benzene rings is 3. The first kappa shape index (κ1) is 23.8. The van der Waals surface area contributed by atoms with Gasteiger partial charge in [0.1, 0.15) is 29.0 Å². The van der Waals surface area contributed by atoms with Crippen molar-refractivity contribution < 1.29 is 14.3 Å². The summed E-state index contributed by atoms with van der Waals surface area (Å²) >= 11 is 6.77. The van der Waals surface area contributed by atoms with Crippen LogP contribution in [0.1, 0.15) is 16.7 Å². The van der Waals surface area contributed by atoms with Gasteiger partial charge in [0.05, 0.1) is 11.4 Å². The minimum atomic E-state index is -0.0620. The maximum atomic E-state index is 12.9. The maximum absolute atomic E-state index is 12.9. The molecule has 1 aliphatic rings. The van der Waals surface area contributed by atoms with Crippen molar-refractivity contribution in [1.29, 1.82) is 0 Å². The fraction of sp³-hybridized carbons (Fsp3) is 0.143. The summed E-state index contributed by atoms with van der Waals surface area (Å²) in [7, 11) is 0. The van der Waals surface area contributed by atoms with E-state index in [1.165, 1.54) is 11.8 Å². The first-order valence-corrected chi connectivity index (χ1v) is 12.2. The Labute approximate surface area is 209 Å². The van der Waals surface area contributed by atoms with E-state index < -0.39 is 0 Å². The SMILES string of the molecule is C=CCc1ccccc1OCCOc1ccc(C=C2SC(=S)N(Cc3ccccc3)C2=O)cc1. The van der Waals surface area contributed by atoms with E-state index in [-0.39, 0.29) is 5.91 Å². The Bertz CT molecular complexity index is 1190. The number of allylic oxidation sites excluding steroid dienone is 1. The van der Waals surface area contributed by atoms with Crippen LogP contribution >= 0.6 is 24.0 Å². The predicted molar refractivity (Wildman–Crippen MR) is 143 cm³/mol. The summed E-state index contributed by atoms with van der Waals surface area (Å²) in [6.07, 6.45) is 4.50. The largest absolute Gasteiger partial charge is 0.490 e. The van der Waals surface area contributed by atoms with Crippen molar-refractivity contribution in [1.82, 2.24) is 4.90 Å². The summed E-state index contributed by atoms with van der Waals surface area (Å²) in [6, 6.07) is 25.4. The molecule has 0 aliphatic carbocycles. The van der Waals surface area contributed by atoms with Gasteiger partial charge in [-0.25, -0.2) is 0 Å². The Morgan fingerprint density at radius 3 is 2.38 bits per heavy atom. The number of rotatable bonds is 10. The fourth-order valence-corrected chi connectivity index (χ4v) is 4.75. The molecule has 0 saturated carbocycles. The van der Waals surface area contributed by atoms with Crippen molar-refractivity contribution in [3.05, 3.63) is 113 Å². The van der Waals surface area contributed by atoms with Crippen molar-refractivity contribution >= 4 is 40.3 Å². The first-order chi connectivity index (χ1) is 16.6. The molecule has 1 saturated heterocycles. The molecule has 0 radical (unpaired) electrons. The third-order valence-electron chi connectivity index (χ3n) is 5.18. The summed E-state index contributed by atoms with van der Waals surface area (Å²) in [6.45, 7) is 5.14. The van der Waals surface area contributed by atoms with Gasteiger partial charge in [0, 0.05) is 0 Å². The van der Waals surface area contributed by atoms with Gasteiger partial charge in [-0.3, -0.25) is 9.69 Å². The summed E-state index contributed by atoms with van der Waals surface area (Å²) in [4.78, 5) is 15.1. The van der Waals surface area contributed by atoms with Crippen LogP contribution in [0.4, 0.5) is 0 Å². The van der Waals surface area contributed by atoms with Gasteiger partial charge in [0.25, 0.3) is 5.91 Å². The molecule has 3 aromatic carbocycles. The Hall–Kier alpha value is -3.35. The van der Waals surface area contributed by atoms with Crippen LogP contribution in [0.2, 0.25) is 0 Å². The van der Waals surface area contributed by atoms with E-state index in [0.29, 0.717) is 29.0 Å². The summed E-state index contributed by atoms with van der Waals surface area (Å²) in [5.41, 5.74) is 3.08. The van der Waals surface area contributed by atoms with Gasteiger partial charge >= 0.3 is 0 Å². The summed E-state index contributed by atoms with van der Waals surface area (Å²) in [5, 5.41) is 0. The van der Waals surface area contributed by atoms with E-state index in [0.717, 1.165) is 34.6 Å². The number of carbonyl (C=O) groups is 1. The van der Waals surface area contributed by atoms with Crippen LogP contribution in [0, 0.1) is 0 Å². The monoisotopic (exact) mass is 487 g/mol. The standard InChI is InChI=1S/C28H25NO3S2/c1-2-8-23-11-6-7-12-25(23)32-18-17-31-24-15-13-21(14-16-24)19-26-27(30)29(28(33)34-26)20-22-9-4-3-5-10-22/h2-7,9-16,19H,1,8,17-18,20H2. The average Bonchev–Trinajstić information content (AvgIpc) is 3.12. The van der Waals surface area contributed by atoms with E-state index in [9.17, 15) is 4.79 Å². The average molecular weight is 488 g/mol. The highest BCUT2D eigenvalue weighted by Crippen LogP contribution is 2.33. The van der Waals surface area contributed by atoms with Crippen LogP contribution < -0.4 is 9.47 Å². The number of amides is 1. The smallest absolute Gasteiger partial charge is 0.266 e. The molecule has 0 N–H and O–H groups in total. The molecule has 0 atom stereocenters. The van der Waals surface area contributed by atoms with Crippen LogP contribution in [-0.4, -0.2) is 28.3 Å². The predicted octanol–water partition coefficient (Wildman–Crippen LogP) is 6.27. The molecule has 172 valence electrons. The fourth-order valence-electron chi connectivity index (χ4n) is 3.49. The van der Waals surface area contributed by atoms with Gasteiger partial charge in [-0.05, 0) is 47.4 Å². The molecule has 1 amide bonds. The number of ether oxygens (including phenoxy) is 2. The molecule has 3 aromatic rings. The Balaban J connectivity index is 1.30. The molecule has 0 aromatic heterocycles. The highest BCUT2D eigenvalue weighted by Gasteiger charge is 2.31. The number of thioether (sulfide) groups is 1. The molecule has 0 unspecified atom stereocenters. The third-order valence-corrected chi connectivity index (χ3v) is 6.56. The van der Waals surface area contributed by atoms with Gasteiger partial charge in [-0.15, -0.1) is 6.58 Å². The molecular weight excluding hydrogens is 462 g/mol. The van der Waals surface area contributed by atoms with E-state index >= 15 is 0 Å². The first-order valence-electron chi connectivity index (χ1n) is 11.0. The molecule has 0 bridgehead atoms. The van der Waals surface area contributed by atoms with Crippen molar-refractivity contribution in [2.75, 3.05) is 13.2 Å². The van der Waals surface area contributed by atoms with Crippen LogP contribution in [0.15, 0.2) is 96.4 Å². The molecule has 4 nitrogen and oxygen atoms in total. The Morgan fingerprint density at radius 1 is 0.912 bits per heavy atom. The minimum Gasteiger partial charge on any atom is -0.490 e. The lowest BCUT2D eigenvalue weighted by molar-refractivity contribution is -0.122. The Morgan fingerprint density at radius 2 is 1.62 bits per heavy atom. The van der Waals surface area contributed by atoms with Crippen LogP contribution in [-0.2, 0) is 17.8 Å². The normalized spacial score (nSPS) is 14.5. The molecule has 1 heterocycles. The zero-order valence-electron chi connectivity index (χ0n) is 18.7. The highest BCUT2D eigenvalue weighted by atomic mass is 32.2. The number of hydrogen-bond donors (Lipinski definition) is 0. The molecule has 1 fully saturated rings. The van der Waals surface area contributed by atoms with E-state index in [1.54, 1.807) is 4.90 Å². The number of carbonyl (C=O) groups excluding carboxylic acids is 1. The second kappa shape index (κ2) is 11.7. The molecule has 4 rings (SSSR count). The van der Waals surface area contributed by atoms with E-state index in [1.807, 2.05) is 91.0 Å². The summed E-state index contributed by atoms with van der Waals surface area (Å²) < 4.78 is 12.2.